The van der Waals surface area contributed by atoms with Gasteiger partial charge in [-0.2, -0.15) is 0 Å². The lowest BCUT2D eigenvalue weighted by Gasteiger charge is -2.10. The summed E-state index contributed by atoms with van der Waals surface area (Å²) in [6.45, 7) is 1.33. The molecule has 0 radical (unpaired) electrons. The van der Waals surface area contributed by atoms with Gasteiger partial charge in [0.1, 0.15) is 5.75 Å². The first-order valence-electron chi connectivity index (χ1n) is 5.23. The van der Waals surface area contributed by atoms with Gasteiger partial charge in [0.25, 0.3) is 0 Å². The van der Waals surface area contributed by atoms with Crippen LogP contribution in [0.25, 0.3) is 0 Å². The molecule has 1 aromatic rings. The van der Waals surface area contributed by atoms with Crippen LogP contribution in [0, 0.1) is 0 Å². The van der Waals surface area contributed by atoms with Gasteiger partial charge >= 0.3 is 0 Å². The summed E-state index contributed by atoms with van der Waals surface area (Å²) < 4.78 is 23.7. The topological polar surface area (TPSA) is 83.5 Å². The highest BCUT2D eigenvalue weighted by Crippen LogP contribution is 2.15. The number of carbonyl (C=O) groups excluding carboxylic acids is 1. The number of nitrogens with one attached hydrogen (secondary N) is 1. The molecule has 100 valence electrons. The van der Waals surface area contributed by atoms with Crippen molar-refractivity contribution in [2.24, 2.45) is 0 Å². The van der Waals surface area contributed by atoms with Crippen molar-refractivity contribution < 1.29 is 18.3 Å². The summed E-state index contributed by atoms with van der Waals surface area (Å²) in [5, 5.41) is 11.5. The number of hydrogen-bond donors (Lipinski definition) is 2. The minimum absolute atomic E-state index is 0.0405. The van der Waals surface area contributed by atoms with E-state index >= 15 is 0 Å². The molecule has 1 rings (SSSR count). The van der Waals surface area contributed by atoms with E-state index in [-0.39, 0.29) is 11.5 Å². The van der Waals surface area contributed by atoms with Gasteiger partial charge in [-0.15, -0.1) is 0 Å². The minimum atomic E-state index is -3.68. The molecule has 1 aromatic carbocycles. The Labute approximate surface area is 111 Å². The van der Waals surface area contributed by atoms with E-state index in [0.29, 0.717) is 5.02 Å². The maximum atomic E-state index is 11.9. The fraction of sp³-hybridized carbons (Fsp3) is 0.364. The van der Waals surface area contributed by atoms with Gasteiger partial charge in [-0.1, -0.05) is 11.6 Å². The summed E-state index contributed by atoms with van der Waals surface area (Å²) in [7, 11) is -3.68. The highest BCUT2D eigenvalue weighted by Gasteiger charge is 2.20. The molecule has 0 spiro atoms. The first kappa shape index (κ1) is 14.9. The van der Waals surface area contributed by atoms with Crippen molar-refractivity contribution in [1.82, 2.24) is 5.32 Å². The zero-order chi connectivity index (χ0) is 13.8. The molecular formula is C11H14ClNO4S. The summed E-state index contributed by atoms with van der Waals surface area (Å²) >= 11 is 5.65. The van der Waals surface area contributed by atoms with Crippen LogP contribution in [0.3, 0.4) is 0 Å². The summed E-state index contributed by atoms with van der Waals surface area (Å²) in [5.41, 5.74) is 0. The Hall–Kier alpha value is -1.11. The molecule has 1 unspecified atom stereocenters. The van der Waals surface area contributed by atoms with Crippen molar-refractivity contribution in [3.05, 3.63) is 29.3 Å². The molecule has 0 aliphatic rings. The Morgan fingerprint density at radius 2 is 1.94 bits per heavy atom. The van der Waals surface area contributed by atoms with Crippen LogP contribution in [0.4, 0.5) is 0 Å². The third-order valence-corrected chi connectivity index (χ3v) is 4.06. The third-order valence-electron chi connectivity index (χ3n) is 2.18. The van der Waals surface area contributed by atoms with Crippen molar-refractivity contribution in [2.45, 2.75) is 17.9 Å². The predicted octanol–water partition coefficient (Wildman–Crippen LogP) is 0.611. The lowest BCUT2D eigenvalue weighted by Crippen LogP contribution is -2.38. The van der Waals surface area contributed by atoms with Gasteiger partial charge in [-0.3, -0.25) is 4.79 Å². The van der Waals surface area contributed by atoms with Crippen LogP contribution in [0.5, 0.6) is 0 Å². The second-order valence-electron chi connectivity index (χ2n) is 3.86. The van der Waals surface area contributed by atoms with Crippen LogP contribution < -0.4 is 5.32 Å². The molecule has 5 nitrogen and oxygen atoms in total. The summed E-state index contributed by atoms with van der Waals surface area (Å²) in [6.07, 6.45) is 0. The van der Waals surface area contributed by atoms with E-state index in [2.05, 4.69) is 5.32 Å². The van der Waals surface area contributed by atoms with E-state index < -0.39 is 27.5 Å². The summed E-state index contributed by atoms with van der Waals surface area (Å²) in [6, 6.07) is 5.12. The molecular weight excluding hydrogens is 278 g/mol. The Balaban J connectivity index is 2.76. The molecule has 0 aliphatic heterocycles. The Bertz CT molecular complexity index is 512. The average molecular weight is 292 g/mol. The van der Waals surface area contributed by atoms with E-state index in [4.69, 9.17) is 16.7 Å². The van der Waals surface area contributed by atoms with Crippen LogP contribution in [0.15, 0.2) is 29.2 Å². The minimum Gasteiger partial charge on any atom is -0.394 e. The SMILES string of the molecule is CC(CO)NC(=O)CS(=O)(=O)c1ccc(Cl)cc1. The molecule has 18 heavy (non-hydrogen) atoms. The van der Waals surface area contributed by atoms with Gasteiger partial charge in [-0.25, -0.2) is 8.42 Å². The standard InChI is InChI=1S/C11H14ClNO4S/c1-8(6-14)13-11(15)7-18(16,17)10-4-2-9(12)3-5-10/h2-5,8,14H,6-7H2,1H3,(H,13,15). The number of aliphatic hydroxyl groups is 1. The second kappa shape index (κ2) is 6.17. The van der Waals surface area contributed by atoms with Crippen molar-refractivity contribution in [2.75, 3.05) is 12.4 Å². The van der Waals surface area contributed by atoms with E-state index in [1.807, 2.05) is 0 Å². The molecule has 0 aliphatic carbocycles. The van der Waals surface area contributed by atoms with Gasteiger partial charge in [0.2, 0.25) is 5.91 Å². The first-order chi connectivity index (χ1) is 8.35. The van der Waals surface area contributed by atoms with Crippen LogP contribution in [-0.4, -0.2) is 37.8 Å². The molecule has 1 atom stereocenters. The van der Waals surface area contributed by atoms with Gasteiger partial charge in [0.15, 0.2) is 9.84 Å². The quantitative estimate of drug-likeness (QED) is 0.833. The lowest BCUT2D eigenvalue weighted by atomic mass is 10.4. The molecule has 7 heteroatoms. The maximum Gasteiger partial charge on any atom is 0.235 e. The van der Waals surface area contributed by atoms with Crippen LogP contribution in [0.1, 0.15) is 6.92 Å². The zero-order valence-electron chi connectivity index (χ0n) is 9.76. The fourth-order valence-electron chi connectivity index (χ4n) is 1.26. The Kier molecular flexibility index (Phi) is 5.13. The van der Waals surface area contributed by atoms with Crippen molar-refractivity contribution in [3.63, 3.8) is 0 Å². The van der Waals surface area contributed by atoms with Crippen LogP contribution in [-0.2, 0) is 14.6 Å². The van der Waals surface area contributed by atoms with Crippen LogP contribution in [0.2, 0.25) is 5.02 Å². The number of aliphatic hydroxyl groups excluding tert-OH is 1. The van der Waals surface area contributed by atoms with Crippen molar-refractivity contribution in [3.8, 4) is 0 Å². The normalized spacial score (nSPS) is 13.1. The van der Waals surface area contributed by atoms with E-state index in [1.54, 1.807) is 6.92 Å². The monoisotopic (exact) mass is 291 g/mol. The van der Waals surface area contributed by atoms with Gasteiger partial charge < -0.3 is 10.4 Å². The number of rotatable bonds is 5. The molecule has 0 heterocycles. The molecule has 0 aromatic heterocycles. The number of sulfone groups is 1. The van der Waals surface area contributed by atoms with Gasteiger partial charge in [-0.05, 0) is 31.2 Å². The zero-order valence-corrected chi connectivity index (χ0v) is 11.3. The summed E-state index contributed by atoms with van der Waals surface area (Å²) in [4.78, 5) is 11.5. The largest absolute Gasteiger partial charge is 0.394 e. The number of benzene rings is 1. The highest BCUT2D eigenvalue weighted by molar-refractivity contribution is 7.92. The lowest BCUT2D eigenvalue weighted by molar-refractivity contribution is -0.119. The molecule has 1 amide bonds. The van der Waals surface area contributed by atoms with Gasteiger partial charge in [0, 0.05) is 11.1 Å². The fourth-order valence-corrected chi connectivity index (χ4v) is 2.53. The number of halogens is 1. The molecule has 0 fully saturated rings. The third kappa shape index (κ3) is 4.29. The number of hydrogen-bond acceptors (Lipinski definition) is 4. The van der Waals surface area contributed by atoms with E-state index in [0.717, 1.165) is 0 Å². The van der Waals surface area contributed by atoms with Crippen molar-refractivity contribution >= 4 is 27.3 Å². The smallest absolute Gasteiger partial charge is 0.235 e. The van der Waals surface area contributed by atoms with E-state index in [9.17, 15) is 13.2 Å². The average Bonchev–Trinajstić information content (AvgIpc) is 2.28. The predicted molar refractivity (Wildman–Crippen MR) is 68.2 cm³/mol. The molecule has 2 N–H and O–H groups in total. The molecule has 0 bridgehead atoms. The Morgan fingerprint density at radius 3 is 2.44 bits per heavy atom. The van der Waals surface area contributed by atoms with Crippen molar-refractivity contribution in [1.29, 1.82) is 0 Å². The molecule has 0 saturated heterocycles. The second-order valence-corrected chi connectivity index (χ2v) is 6.29. The highest BCUT2D eigenvalue weighted by atomic mass is 35.5. The van der Waals surface area contributed by atoms with Gasteiger partial charge in [0.05, 0.1) is 11.5 Å². The molecule has 0 saturated carbocycles. The number of amides is 1. The van der Waals surface area contributed by atoms with E-state index in [1.165, 1.54) is 24.3 Å². The Morgan fingerprint density at radius 1 is 1.39 bits per heavy atom. The number of carbonyl (C=O) groups is 1. The first-order valence-corrected chi connectivity index (χ1v) is 7.26. The van der Waals surface area contributed by atoms with Crippen LogP contribution >= 0.6 is 11.6 Å². The summed E-state index contributed by atoms with van der Waals surface area (Å²) in [5.74, 6) is -1.30. The maximum absolute atomic E-state index is 11.9.